The molecule has 0 atom stereocenters. The zero-order valence-electron chi connectivity index (χ0n) is 7.15. The normalized spacial score (nSPS) is 10.5. The monoisotopic (exact) mass is 175 g/mol. The number of hydrogen-bond acceptors (Lipinski definition) is 3. The van der Waals surface area contributed by atoms with Crippen molar-refractivity contribution in [3.8, 4) is 5.88 Å². The van der Waals surface area contributed by atoms with E-state index in [9.17, 15) is 5.11 Å². The summed E-state index contributed by atoms with van der Waals surface area (Å²) in [7, 11) is 1.74. The van der Waals surface area contributed by atoms with Crippen LogP contribution in [-0.4, -0.2) is 9.67 Å². The van der Waals surface area contributed by atoms with Crippen LogP contribution in [0.25, 0.3) is 10.9 Å². The summed E-state index contributed by atoms with van der Waals surface area (Å²) in [4.78, 5) is 0. The molecule has 4 nitrogen and oxygen atoms in total. The van der Waals surface area contributed by atoms with E-state index in [0.29, 0.717) is 5.69 Å². The van der Waals surface area contributed by atoms with Gasteiger partial charge in [0.05, 0.1) is 5.52 Å². The summed E-state index contributed by atoms with van der Waals surface area (Å²) in [5.74, 6) is 0.0381. The van der Waals surface area contributed by atoms with Gasteiger partial charge < -0.3 is 9.67 Å². The highest BCUT2D eigenvalue weighted by Gasteiger charge is 2.12. The number of fused-ring (bicyclic) bond motifs is 1. The third kappa shape index (κ3) is 0.917. The molecule has 1 aromatic heterocycles. The number of aromatic hydroxyl groups is 1. The Kier molecular flexibility index (Phi) is 1.55. The fourth-order valence-corrected chi connectivity index (χ4v) is 1.47. The number of rotatable bonds is 1. The maximum Gasteiger partial charge on any atom is 0.220 e. The zero-order chi connectivity index (χ0) is 9.42. The van der Waals surface area contributed by atoms with Crippen molar-refractivity contribution in [2.75, 3.05) is 0 Å². The van der Waals surface area contributed by atoms with Crippen LogP contribution in [-0.2, 0) is 7.05 Å². The van der Waals surface area contributed by atoms with Crippen LogP contribution in [0, 0.1) is 5.53 Å². The van der Waals surface area contributed by atoms with Gasteiger partial charge in [0, 0.05) is 12.4 Å². The maximum atomic E-state index is 9.57. The summed E-state index contributed by atoms with van der Waals surface area (Å²) in [5.41, 5.74) is 8.14. The van der Waals surface area contributed by atoms with Gasteiger partial charge in [-0.15, -0.1) is 0 Å². The molecule has 0 aliphatic carbocycles. The molecule has 0 aliphatic heterocycles. The lowest BCUT2D eigenvalue weighted by molar-refractivity contribution is 0.436. The van der Waals surface area contributed by atoms with Crippen molar-refractivity contribution in [1.29, 1.82) is 5.53 Å². The Morgan fingerprint density at radius 2 is 2.08 bits per heavy atom. The van der Waals surface area contributed by atoms with Crippen LogP contribution in [0.2, 0.25) is 0 Å². The van der Waals surface area contributed by atoms with Crippen LogP contribution >= 0.6 is 0 Å². The van der Waals surface area contributed by atoms with Gasteiger partial charge in [-0.25, -0.2) is 5.53 Å². The average molecular weight is 175 g/mol. The molecule has 0 bridgehead atoms. The molecule has 2 N–H and O–H groups in total. The molecule has 1 aromatic carbocycles. The summed E-state index contributed by atoms with van der Waals surface area (Å²) in [6.07, 6.45) is 0. The first-order valence-corrected chi connectivity index (χ1v) is 3.89. The Bertz CT molecular complexity index is 473. The van der Waals surface area contributed by atoms with Crippen molar-refractivity contribution in [2.45, 2.75) is 0 Å². The lowest BCUT2D eigenvalue weighted by atomic mass is 10.2. The first kappa shape index (κ1) is 7.79. The van der Waals surface area contributed by atoms with E-state index >= 15 is 0 Å². The molecular formula is C9H9N3O. The fourth-order valence-electron chi connectivity index (χ4n) is 1.47. The molecule has 0 aliphatic rings. The number of para-hydroxylation sites is 1. The van der Waals surface area contributed by atoms with E-state index in [2.05, 4.69) is 5.11 Å². The van der Waals surface area contributed by atoms with E-state index in [1.807, 2.05) is 24.3 Å². The van der Waals surface area contributed by atoms with Gasteiger partial charge in [-0.2, -0.15) is 5.11 Å². The zero-order valence-corrected chi connectivity index (χ0v) is 7.15. The largest absolute Gasteiger partial charge is 0.493 e. The van der Waals surface area contributed by atoms with Gasteiger partial charge in [-0.3, -0.25) is 0 Å². The molecule has 0 spiro atoms. The molecule has 0 fully saturated rings. The number of benzene rings is 1. The van der Waals surface area contributed by atoms with E-state index in [1.165, 1.54) is 0 Å². The van der Waals surface area contributed by atoms with Gasteiger partial charge in [-0.05, 0) is 6.07 Å². The third-order valence-electron chi connectivity index (χ3n) is 2.16. The minimum atomic E-state index is 0.0381. The fraction of sp³-hybridized carbons (Fsp3) is 0.111. The Balaban J connectivity index is 2.98. The molecule has 1 heterocycles. The molecule has 0 saturated carbocycles. The van der Waals surface area contributed by atoms with Crippen molar-refractivity contribution >= 4 is 16.6 Å². The van der Waals surface area contributed by atoms with Crippen LogP contribution in [0.1, 0.15) is 0 Å². The minimum Gasteiger partial charge on any atom is -0.493 e. The van der Waals surface area contributed by atoms with Gasteiger partial charge in [0.1, 0.15) is 0 Å². The lowest BCUT2D eigenvalue weighted by Gasteiger charge is -1.94. The highest BCUT2D eigenvalue weighted by molar-refractivity contribution is 5.94. The number of aryl methyl sites for hydroxylation is 1. The van der Waals surface area contributed by atoms with Crippen LogP contribution in [0.15, 0.2) is 29.4 Å². The summed E-state index contributed by atoms with van der Waals surface area (Å²) in [6, 6.07) is 7.46. The first-order valence-electron chi connectivity index (χ1n) is 3.89. The Labute approximate surface area is 74.9 Å². The van der Waals surface area contributed by atoms with Gasteiger partial charge in [0.2, 0.25) is 5.88 Å². The molecule has 2 aromatic rings. The van der Waals surface area contributed by atoms with Crippen LogP contribution in [0.3, 0.4) is 0 Å². The van der Waals surface area contributed by atoms with E-state index in [0.717, 1.165) is 10.9 Å². The predicted molar refractivity (Wildman–Crippen MR) is 49.4 cm³/mol. The van der Waals surface area contributed by atoms with Crippen molar-refractivity contribution < 1.29 is 5.11 Å². The van der Waals surface area contributed by atoms with Crippen molar-refractivity contribution in [3.63, 3.8) is 0 Å². The van der Waals surface area contributed by atoms with E-state index in [1.54, 1.807) is 11.6 Å². The Morgan fingerprint density at radius 3 is 2.77 bits per heavy atom. The number of aromatic nitrogens is 1. The Hall–Kier alpha value is -1.84. The van der Waals surface area contributed by atoms with Gasteiger partial charge >= 0.3 is 0 Å². The molecule has 0 amide bonds. The number of nitrogens with one attached hydrogen (secondary N) is 1. The summed E-state index contributed by atoms with van der Waals surface area (Å²) < 4.78 is 1.61. The second kappa shape index (κ2) is 2.58. The van der Waals surface area contributed by atoms with Crippen LogP contribution in [0.4, 0.5) is 5.69 Å². The smallest absolute Gasteiger partial charge is 0.220 e. The van der Waals surface area contributed by atoms with Crippen molar-refractivity contribution in [1.82, 2.24) is 4.57 Å². The predicted octanol–water partition coefficient (Wildman–Crippen LogP) is 2.55. The first-order chi connectivity index (χ1) is 6.25. The molecule has 0 saturated heterocycles. The minimum absolute atomic E-state index is 0.0381. The van der Waals surface area contributed by atoms with E-state index < -0.39 is 0 Å². The van der Waals surface area contributed by atoms with Gasteiger partial charge in [0.25, 0.3) is 0 Å². The molecule has 66 valence electrons. The molecule has 2 rings (SSSR count). The van der Waals surface area contributed by atoms with Crippen LogP contribution < -0.4 is 0 Å². The van der Waals surface area contributed by atoms with E-state index in [4.69, 9.17) is 5.53 Å². The number of nitrogens with zero attached hydrogens (tertiary/aromatic N) is 2. The highest BCUT2D eigenvalue weighted by Crippen LogP contribution is 2.36. The summed E-state index contributed by atoms with van der Waals surface area (Å²) in [6.45, 7) is 0. The second-order valence-corrected chi connectivity index (χ2v) is 2.86. The molecule has 0 radical (unpaired) electrons. The van der Waals surface area contributed by atoms with Gasteiger partial charge in [-0.1, -0.05) is 18.2 Å². The quantitative estimate of drug-likeness (QED) is 0.643. The molecule has 4 heteroatoms. The van der Waals surface area contributed by atoms with E-state index in [-0.39, 0.29) is 5.88 Å². The average Bonchev–Trinajstić information content (AvgIpc) is 2.41. The summed E-state index contributed by atoms with van der Waals surface area (Å²) in [5, 5.41) is 13.7. The number of hydrogen-bond donors (Lipinski definition) is 2. The molecule has 13 heavy (non-hydrogen) atoms. The van der Waals surface area contributed by atoms with Crippen molar-refractivity contribution in [3.05, 3.63) is 24.3 Å². The molecule has 0 unspecified atom stereocenters. The SMILES string of the molecule is Cn1c(O)c(N=N)c2ccccc21. The van der Waals surface area contributed by atoms with Crippen molar-refractivity contribution in [2.24, 2.45) is 12.2 Å². The lowest BCUT2D eigenvalue weighted by Crippen LogP contribution is -1.84. The maximum absolute atomic E-state index is 9.57. The second-order valence-electron chi connectivity index (χ2n) is 2.86. The van der Waals surface area contributed by atoms with Gasteiger partial charge in [0.15, 0.2) is 5.69 Å². The standard InChI is InChI=1S/C9H9N3O/c1-12-7-5-3-2-4-6(7)8(11-10)9(12)13/h2-5,10,13H,1H3. The summed E-state index contributed by atoms with van der Waals surface area (Å²) >= 11 is 0. The highest BCUT2D eigenvalue weighted by atomic mass is 16.3. The molecular weight excluding hydrogens is 166 g/mol. The Morgan fingerprint density at radius 1 is 1.38 bits per heavy atom. The third-order valence-corrected chi connectivity index (χ3v) is 2.16. The topological polar surface area (TPSA) is 61.4 Å². The van der Waals surface area contributed by atoms with Crippen LogP contribution in [0.5, 0.6) is 5.88 Å².